The van der Waals surface area contributed by atoms with Crippen LogP contribution in [0.1, 0.15) is 5.56 Å². The van der Waals surface area contributed by atoms with Crippen LogP contribution in [-0.4, -0.2) is 19.8 Å². The Bertz CT molecular complexity index is 354. The summed E-state index contributed by atoms with van der Waals surface area (Å²) in [6.07, 6.45) is 0.827. The van der Waals surface area contributed by atoms with E-state index in [4.69, 9.17) is 15.2 Å². The lowest BCUT2D eigenvalue weighted by molar-refractivity contribution is 0.262. The van der Waals surface area contributed by atoms with E-state index in [2.05, 4.69) is 15.9 Å². The Balaban J connectivity index is 2.45. The molecule has 0 radical (unpaired) electrons. The molecule has 0 amide bonds. The molecule has 76 valence electrons. The maximum absolute atomic E-state index is 5.82. The van der Waals surface area contributed by atoms with Crippen molar-refractivity contribution in [2.45, 2.75) is 12.5 Å². The van der Waals surface area contributed by atoms with Gasteiger partial charge in [-0.25, -0.2) is 0 Å². The number of methoxy groups -OCH3 is 1. The number of halogens is 1. The van der Waals surface area contributed by atoms with Gasteiger partial charge in [-0.05, 0) is 34.5 Å². The highest BCUT2D eigenvalue weighted by Crippen LogP contribution is 2.37. The summed E-state index contributed by atoms with van der Waals surface area (Å²) in [5.74, 6) is 1.72. The Morgan fingerprint density at radius 2 is 2.36 bits per heavy atom. The summed E-state index contributed by atoms with van der Waals surface area (Å²) in [6.45, 7) is 0.589. The van der Waals surface area contributed by atoms with Crippen molar-refractivity contribution in [3.05, 3.63) is 22.2 Å². The molecule has 1 aliphatic rings. The Morgan fingerprint density at radius 3 is 3.07 bits per heavy atom. The molecule has 0 aliphatic carbocycles. The van der Waals surface area contributed by atoms with Crippen LogP contribution in [0.15, 0.2) is 16.6 Å². The number of ether oxygens (including phenoxy) is 2. The van der Waals surface area contributed by atoms with Gasteiger partial charge in [0.25, 0.3) is 0 Å². The predicted molar refractivity (Wildman–Crippen MR) is 57.9 cm³/mol. The van der Waals surface area contributed by atoms with E-state index < -0.39 is 0 Å². The highest BCUT2D eigenvalue weighted by Gasteiger charge is 2.20. The van der Waals surface area contributed by atoms with Gasteiger partial charge in [0.05, 0.1) is 11.6 Å². The molecule has 1 aliphatic heterocycles. The maximum atomic E-state index is 5.82. The van der Waals surface area contributed by atoms with Crippen LogP contribution in [0.2, 0.25) is 0 Å². The second kappa shape index (κ2) is 3.79. The van der Waals surface area contributed by atoms with Gasteiger partial charge in [-0.1, -0.05) is 0 Å². The van der Waals surface area contributed by atoms with E-state index >= 15 is 0 Å². The molecular weight excluding hydrogens is 246 g/mol. The molecule has 0 fully saturated rings. The molecule has 0 saturated heterocycles. The van der Waals surface area contributed by atoms with Crippen LogP contribution in [0.25, 0.3) is 0 Å². The first-order valence-electron chi connectivity index (χ1n) is 4.46. The number of rotatable bonds is 1. The Labute approximate surface area is 91.3 Å². The Hall–Kier alpha value is -0.740. The van der Waals surface area contributed by atoms with E-state index in [0.29, 0.717) is 6.61 Å². The minimum atomic E-state index is 0.0749. The zero-order chi connectivity index (χ0) is 10.1. The topological polar surface area (TPSA) is 44.5 Å². The molecule has 1 aromatic rings. The summed E-state index contributed by atoms with van der Waals surface area (Å²) in [5, 5.41) is 0. The summed E-state index contributed by atoms with van der Waals surface area (Å²) < 4.78 is 11.7. The van der Waals surface area contributed by atoms with E-state index in [1.807, 2.05) is 12.1 Å². The minimum absolute atomic E-state index is 0.0749. The lowest BCUT2D eigenvalue weighted by atomic mass is 10.0. The molecule has 1 heterocycles. The third kappa shape index (κ3) is 1.60. The van der Waals surface area contributed by atoms with Gasteiger partial charge >= 0.3 is 0 Å². The van der Waals surface area contributed by atoms with Crippen molar-refractivity contribution < 1.29 is 9.47 Å². The zero-order valence-electron chi connectivity index (χ0n) is 7.92. The first kappa shape index (κ1) is 9.80. The Kier molecular flexibility index (Phi) is 2.65. The third-order valence-electron chi connectivity index (χ3n) is 2.30. The molecule has 2 N–H and O–H groups in total. The highest BCUT2D eigenvalue weighted by molar-refractivity contribution is 9.10. The number of fused-ring (bicyclic) bond motifs is 1. The van der Waals surface area contributed by atoms with Crippen LogP contribution >= 0.6 is 15.9 Å². The van der Waals surface area contributed by atoms with Gasteiger partial charge in [-0.15, -0.1) is 0 Å². The summed E-state index contributed by atoms with van der Waals surface area (Å²) >= 11 is 3.49. The van der Waals surface area contributed by atoms with Crippen LogP contribution in [-0.2, 0) is 6.42 Å². The van der Waals surface area contributed by atoms with E-state index in [0.717, 1.165) is 28.0 Å². The average Bonchev–Trinajstić information content (AvgIpc) is 2.20. The van der Waals surface area contributed by atoms with E-state index in [1.165, 1.54) is 0 Å². The second-order valence-electron chi connectivity index (χ2n) is 3.33. The van der Waals surface area contributed by atoms with Gasteiger partial charge in [-0.2, -0.15) is 0 Å². The quantitative estimate of drug-likeness (QED) is 0.834. The van der Waals surface area contributed by atoms with Gasteiger partial charge < -0.3 is 15.2 Å². The molecule has 0 bridgehead atoms. The second-order valence-corrected chi connectivity index (χ2v) is 4.13. The molecule has 3 nitrogen and oxygen atoms in total. The number of hydrogen-bond donors (Lipinski definition) is 1. The minimum Gasteiger partial charge on any atom is -0.496 e. The van der Waals surface area contributed by atoms with E-state index in [1.54, 1.807) is 7.11 Å². The van der Waals surface area contributed by atoms with Crippen molar-refractivity contribution in [1.29, 1.82) is 0 Å². The molecule has 14 heavy (non-hydrogen) atoms. The Morgan fingerprint density at radius 1 is 1.57 bits per heavy atom. The van der Waals surface area contributed by atoms with Crippen LogP contribution in [0.5, 0.6) is 11.5 Å². The fourth-order valence-corrected chi connectivity index (χ4v) is 2.23. The van der Waals surface area contributed by atoms with Gasteiger partial charge in [0.1, 0.15) is 18.1 Å². The monoisotopic (exact) mass is 257 g/mol. The molecule has 0 saturated carbocycles. The largest absolute Gasteiger partial charge is 0.496 e. The van der Waals surface area contributed by atoms with Gasteiger partial charge in [-0.3, -0.25) is 0 Å². The summed E-state index contributed by atoms with van der Waals surface area (Å²) in [5.41, 5.74) is 6.92. The van der Waals surface area contributed by atoms with Crippen LogP contribution in [0.3, 0.4) is 0 Å². The van der Waals surface area contributed by atoms with Gasteiger partial charge in [0, 0.05) is 11.6 Å². The summed E-state index contributed by atoms with van der Waals surface area (Å²) in [4.78, 5) is 0. The molecule has 4 heteroatoms. The molecule has 0 unspecified atom stereocenters. The predicted octanol–water partition coefficient (Wildman–Crippen LogP) is 1.72. The van der Waals surface area contributed by atoms with Crippen LogP contribution in [0.4, 0.5) is 0 Å². The van der Waals surface area contributed by atoms with Crippen molar-refractivity contribution in [3.8, 4) is 11.5 Å². The molecule has 1 atom stereocenters. The number of hydrogen-bond acceptors (Lipinski definition) is 3. The fraction of sp³-hybridized carbons (Fsp3) is 0.400. The lowest BCUT2D eigenvalue weighted by Gasteiger charge is -2.24. The first-order valence-corrected chi connectivity index (χ1v) is 5.25. The van der Waals surface area contributed by atoms with Gasteiger partial charge in [0.2, 0.25) is 0 Å². The zero-order valence-corrected chi connectivity index (χ0v) is 9.50. The number of benzene rings is 1. The molecular formula is C10H12BrNO2. The van der Waals surface area contributed by atoms with Crippen molar-refractivity contribution in [1.82, 2.24) is 0 Å². The van der Waals surface area contributed by atoms with Crippen molar-refractivity contribution in [2.75, 3.05) is 13.7 Å². The lowest BCUT2D eigenvalue weighted by Crippen LogP contribution is -2.34. The standard InChI is InChI=1S/C10H12BrNO2/c1-13-9-3-2-8-7(10(9)11)4-6(12)5-14-8/h2-3,6H,4-5,12H2,1H3/t6-/m1/s1. The number of nitrogens with two attached hydrogens (primary N) is 1. The molecule has 0 spiro atoms. The van der Waals surface area contributed by atoms with Gasteiger partial charge in [0.15, 0.2) is 0 Å². The van der Waals surface area contributed by atoms with E-state index in [-0.39, 0.29) is 6.04 Å². The van der Waals surface area contributed by atoms with Crippen LogP contribution < -0.4 is 15.2 Å². The average molecular weight is 258 g/mol. The summed E-state index contributed by atoms with van der Waals surface area (Å²) in [6, 6.07) is 3.88. The normalized spacial score (nSPS) is 19.8. The SMILES string of the molecule is COc1ccc2c(c1Br)C[C@@H](N)CO2. The van der Waals surface area contributed by atoms with Crippen molar-refractivity contribution in [2.24, 2.45) is 5.73 Å². The van der Waals surface area contributed by atoms with Crippen molar-refractivity contribution in [3.63, 3.8) is 0 Å². The van der Waals surface area contributed by atoms with Crippen molar-refractivity contribution >= 4 is 15.9 Å². The molecule has 1 aromatic carbocycles. The fourth-order valence-electron chi connectivity index (χ4n) is 1.58. The smallest absolute Gasteiger partial charge is 0.133 e. The van der Waals surface area contributed by atoms with E-state index in [9.17, 15) is 0 Å². The highest BCUT2D eigenvalue weighted by atomic mass is 79.9. The molecule has 0 aromatic heterocycles. The third-order valence-corrected chi connectivity index (χ3v) is 3.17. The first-order chi connectivity index (χ1) is 6.72. The van der Waals surface area contributed by atoms with Crippen LogP contribution in [0, 0.1) is 0 Å². The molecule has 2 rings (SSSR count). The summed E-state index contributed by atoms with van der Waals surface area (Å²) in [7, 11) is 1.65. The maximum Gasteiger partial charge on any atom is 0.133 e.